The van der Waals surface area contributed by atoms with Gasteiger partial charge in [-0.3, -0.25) is 0 Å². The van der Waals surface area contributed by atoms with E-state index in [4.69, 9.17) is 4.74 Å². The minimum atomic E-state index is -4.45. The standard InChI is InChI=1S/C12H7BrF3NO/c13-8-5-6-11(17-7-8)18-10-4-2-1-3-9(10)12(14,15)16/h1-7H. The molecule has 2 nitrogen and oxygen atoms in total. The molecule has 0 fully saturated rings. The van der Waals surface area contributed by atoms with Crippen LogP contribution in [0.4, 0.5) is 13.2 Å². The topological polar surface area (TPSA) is 22.1 Å². The molecule has 0 N–H and O–H groups in total. The molecule has 1 aromatic carbocycles. The highest BCUT2D eigenvalue weighted by molar-refractivity contribution is 9.10. The first-order valence-electron chi connectivity index (χ1n) is 4.92. The zero-order valence-electron chi connectivity index (χ0n) is 8.91. The molecule has 0 aliphatic carbocycles. The molecule has 0 saturated carbocycles. The summed E-state index contributed by atoms with van der Waals surface area (Å²) in [5.41, 5.74) is -0.824. The number of halogens is 4. The van der Waals surface area contributed by atoms with Crippen LogP contribution in [0.3, 0.4) is 0 Å². The lowest BCUT2D eigenvalue weighted by atomic mass is 10.2. The highest BCUT2D eigenvalue weighted by Gasteiger charge is 2.34. The van der Waals surface area contributed by atoms with E-state index in [1.165, 1.54) is 30.5 Å². The first kappa shape index (κ1) is 12.9. The zero-order valence-corrected chi connectivity index (χ0v) is 10.5. The Morgan fingerprint density at radius 2 is 1.78 bits per heavy atom. The molecule has 0 aliphatic heterocycles. The van der Waals surface area contributed by atoms with Crippen LogP contribution in [0.5, 0.6) is 11.6 Å². The van der Waals surface area contributed by atoms with Crippen LogP contribution in [0.15, 0.2) is 47.1 Å². The number of pyridine rings is 1. The Labute approximate surface area is 110 Å². The molecule has 0 radical (unpaired) electrons. The minimum Gasteiger partial charge on any atom is -0.438 e. The van der Waals surface area contributed by atoms with Crippen LogP contribution in [-0.2, 0) is 6.18 Å². The highest BCUT2D eigenvalue weighted by Crippen LogP contribution is 2.37. The second-order valence-corrected chi connectivity index (χ2v) is 4.33. The van der Waals surface area contributed by atoms with Gasteiger partial charge in [0.05, 0.1) is 5.56 Å². The number of rotatable bonds is 2. The van der Waals surface area contributed by atoms with Crippen molar-refractivity contribution in [2.45, 2.75) is 6.18 Å². The van der Waals surface area contributed by atoms with Gasteiger partial charge in [0.25, 0.3) is 0 Å². The summed E-state index contributed by atoms with van der Waals surface area (Å²) in [6.07, 6.45) is -3.00. The fourth-order valence-corrected chi connectivity index (χ4v) is 1.56. The SMILES string of the molecule is FC(F)(F)c1ccccc1Oc1ccc(Br)cn1. The van der Waals surface area contributed by atoms with Gasteiger partial charge in [0, 0.05) is 16.7 Å². The van der Waals surface area contributed by atoms with Crippen LogP contribution in [0.25, 0.3) is 0 Å². The van der Waals surface area contributed by atoms with Gasteiger partial charge in [0.1, 0.15) is 5.75 Å². The van der Waals surface area contributed by atoms with Gasteiger partial charge >= 0.3 is 6.18 Å². The van der Waals surface area contributed by atoms with Crippen molar-refractivity contribution in [3.05, 3.63) is 52.6 Å². The summed E-state index contributed by atoms with van der Waals surface area (Å²) >= 11 is 3.18. The van der Waals surface area contributed by atoms with Gasteiger partial charge in [0.2, 0.25) is 5.88 Å². The van der Waals surface area contributed by atoms with Gasteiger partial charge in [0.15, 0.2) is 0 Å². The average Bonchev–Trinajstić information content (AvgIpc) is 2.31. The molecule has 1 aromatic heterocycles. The number of alkyl halides is 3. The molecule has 0 spiro atoms. The van der Waals surface area contributed by atoms with Crippen molar-refractivity contribution in [3.63, 3.8) is 0 Å². The van der Waals surface area contributed by atoms with E-state index in [1.54, 1.807) is 6.07 Å². The van der Waals surface area contributed by atoms with Crippen molar-refractivity contribution in [1.29, 1.82) is 0 Å². The predicted molar refractivity (Wildman–Crippen MR) is 63.5 cm³/mol. The molecule has 2 rings (SSSR count). The number of benzene rings is 1. The monoisotopic (exact) mass is 317 g/mol. The van der Waals surface area contributed by atoms with Crippen molar-refractivity contribution in [1.82, 2.24) is 4.98 Å². The number of para-hydroxylation sites is 1. The molecular formula is C12H7BrF3NO. The molecule has 0 saturated heterocycles. The van der Waals surface area contributed by atoms with Gasteiger partial charge in [-0.2, -0.15) is 13.2 Å². The third-order valence-corrected chi connectivity index (χ3v) is 2.58. The van der Waals surface area contributed by atoms with Crippen molar-refractivity contribution in [2.24, 2.45) is 0 Å². The number of ether oxygens (including phenoxy) is 1. The molecule has 0 unspecified atom stereocenters. The average molecular weight is 318 g/mol. The quantitative estimate of drug-likeness (QED) is 0.804. The second-order valence-electron chi connectivity index (χ2n) is 3.41. The van der Waals surface area contributed by atoms with E-state index in [9.17, 15) is 13.2 Å². The lowest BCUT2D eigenvalue weighted by molar-refractivity contribution is -0.138. The fraction of sp³-hybridized carbons (Fsp3) is 0.0833. The molecule has 0 amide bonds. The van der Waals surface area contributed by atoms with Crippen molar-refractivity contribution < 1.29 is 17.9 Å². The predicted octanol–water partition coefficient (Wildman–Crippen LogP) is 4.66. The van der Waals surface area contributed by atoms with E-state index < -0.39 is 11.7 Å². The third kappa shape index (κ3) is 3.01. The maximum atomic E-state index is 12.7. The van der Waals surface area contributed by atoms with Crippen molar-refractivity contribution in [3.8, 4) is 11.6 Å². The summed E-state index contributed by atoms with van der Waals surface area (Å²) in [6, 6.07) is 8.13. The molecule has 6 heteroatoms. The Balaban J connectivity index is 2.32. The van der Waals surface area contributed by atoms with E-state index in [0.29, 0.717) is 0 Å². The Morgan fingerprint density at radius 3 is 2.39 bits per heavy atom. The maximum absolute atomic E-state index is 12.7. The largest absolute Gasteiger partial charge is 0.438 e. The summed E-state index contributed by atoms with van der Waals surface area (Å²) in [4.78, 5) is 3.86. The van der Waals surface area contributed by atoms with E-state index in [1.807, 2.05) is 0 Å². The molecule has 18 heavy (non-hydrogen) atoms. The summed E-state index contributed by atoms with van der Waals surface area (Å²) in [6.45, 7) is 0. The van der Waals surface area contributed by atoms with Crippen LogP contribution < -0.4 is 4.74 Å². The van der Waals surface area contributed by atoms with E-state index in [2.05, 4.69) is 20.9 Å². The molecule has 0 aliphatic rings. The summed E-state index contributed by atoms with van der Waals surface area (Å²) in [7, 11) is 0. The van der Waals surface area contributed by atoms with Crippen LogP contribution in [-0.4, -0.2) is 4.98 Å². The van der Waals surface area contributed by atoms with Gasteiger partial charge in [-0.1, -0.05) is 12.1 Å². The smallest absolute Gasteiger partial charge is 0.419 e. The number of hydrogen-bond acceptors (Lipinski definition) is 2. The minimum absolute atomic E-state index is 0.106. The normalized spacial score (nSPS) is 11.3. The zero-order chi connectivity index (χ0) is 13.2. The molecule has 2 aromatic rings. The molecule has 0 atom stereocenters. The van der Waals surface area contributed by atoms with Crippen LogP contribution >= 0.6 is 15.9 Å². The van der Waals surface area contributed by atoms with Crippen LogP contribution in [0.2, 0.25) is 0 Å². The maximum Gasteiger partial charge on any atom is 0.419 e. The first-order chi connectivity index (χ1) is 8.47. The van der Waals surface area contributed by atoms with Gasteiger partial charge in [-0.05, 0) is 34.1 Å². The van der Waals surface area contributed by atoms with Gasteiger partial charge in [-0.15, -0.1) is 0 Å². The summed E-state index contributed by atoms with van der Waals surface area (Å²) in [5, 5.41) is 0. The van der Waals surface area contributed by atoms with Gasteiger partial charge in [-0.25, -0.2) is 4.98 Å². The lowest BCUT2D eigenvalue weighted by Crippen LogP contribution is -2.07. The van der Waals surface area contributed by atoms with Crippen LogP contribution in [0.1, 0.15) is 5.56 Å². The van der Waals surface area contributed by atoms with E-state index in [0.717, 1.165) is 10.5 Å². The molecule has 1 heterocycles. The summed E-state index contributed by atoms with van der Waals surface area (Å²) < 4.78 is 44.0. The van der Waals surface area contributed by atoms with E-state index in [-0.39, 0.29) is 11.6 Å². The molecular weight excluding hydrogens is 311 g/mol. The molecule has 0 bridgehead atoms. The van der Waals surface area contributed by atoms with Gasteiger partial charge < -0.3 is 4.74 Å². The Hall–Kier alpha value is -1.56. The number of nitrogens with zero attached hydrogens (tertiary/aromatic N) is 1. The fourth-order valence-electron chi connectivity index (χ4n) is 1.33. The van der Waals surface area contributed by atoms with Crippen LogP contribution in [0, 0.1) is 0 Å². The Bertz CT molecular complexity index is 540. The summed E-state index contributed by atoms with van der Waals surface area (Å²) in [5.74, 6) is -0.158. The number of aromatic nitrogens is 1. The third-order valence-electron chi connectivity index (χ3n) is 2.11. The second kappa shape index (κ2) is 4.97. The Morgan fingerprint density at radius 1 is 1.06 bits per heavy atom. The van der Waals surface area contributed by atoms with Crippen molar-refractivity contribution in [2.75, 3.05) is 0 Å². The van der Waals surface area contributed by atoms with E-state index >= 15 is 0 Å². The van der Waals surface area contributed by atoms with Crippen molar-refractivity contribution >= 4 is 15.9 Å². The number of hydrogen-bond donors (Lipinski definition) is 0. The highest BCUT2D eigenvalue weighted by atomic mass is 79.9. The first-order valence-corrected chi connectivity index (χ1v) is 5.72. The Kier molecular flexibility index (Phi) is 3.56. The molecule has 94 valence electrons. The lowest BCUT2D eigenvalue weighted by Gasteiger charge is -2.12.